The molecule has 0 atom stereocenters. The summed E-state index contributed by atoms with van der Waals surface area (Å²) >= 11 is 15.5. The molecule has 0 unspecified atom stereocenters. The maximum atomic E-state index is 6.04. The Kier molecular flexibility index (Phi) is 5.00. The van der Waals surface area contributed by atoms with Crippen LogP contribution in [0.25, 0.3) is 6.08 Å². The minimum atomic E-state index is 0.699. The van der Waals surface area contributed by atoms with Crippen molar-refractivity contribution in [2.75, 3.05) is 5.33 Å². The van der Waals surface area contributed by atoms with E-state index in [0.717, 1.165) is 17.3 Å². The fourth-order valence-corrected chi connectivity index (χ4v) is 2.15. The van der Waals surface area contributed by atoms with Gasteiger partial charge in [0.2, 0.25) is 0 Å². The molecule has 76 valence electrons. The molecule has 0 saturated heterocycles. The minimum absolute atomic E-state index is 0.699. The molecule has 0 amide bonds. The number of alkyl halides is 1. The Morgan fingerprint density at radius 3 is 2.36 bits per heavy atom. The predicted molar refractivity (Wildman–Crippen MR) is 68.5 cm³/mol. The monoisotopic (exact) mass is 292 g/mol. The van der Waals surface area contributed by atoms with Gasteiger partial charge in [-0.2, -0.15) is 0 Å². The fourth-order valence-electron chi connectivity index (χ4n) is 1.09. The van der Waals surface area contributed by atoms with E-state index in [1.54, 1.807) is 0 Å². The molecule has 0 aromatic heterocycles. The third-order valence-electron chi connectivity index (χ3n) is 1.97. The number of rotatable bonds is 3. The Labute approximate surface area is 103 Å². The average Bonchev–Trinajstić information content (AvgIpc) is 2.18. The molecule has 14 heavy (non-hydrogen) atoms. The number of hydrogen-bond acceptors (Lipinski definition) is 0. The van der Waals surface area contributed by atoms with Crippen molar-refractivity contribution in [3.63, 3.8) is 0 Å². The van der Waals surface area contributed by atoms with Gasteiger partial charge in [-0.05, 0) is 18.6 Å². The number of benzene rings is 1. The van der Waals surface area contributed by atoms with Crippen molar-refractivity contribution in [3.8, 4) is 0 Å². The predicted octanol–water partition coefficient (Wildman–Crippen LogP) is 5.18. The molecular formula is C11H11BrCl2. The van der Waals surface area contributed by atoms with Gasteiger partial charge in [0.25, 0.3) is 0 Å². The summed E-state index contributed by atoms with van der Waals surface area (Å²) in [5, 5.41) is 2.25. The van der Waals surface area contributed by atoms with Crippen molar-refractivity contribution in [1.29, 1.82) is 0 Å². The van der Waals surface area contributed by atoms with Gasteiger partial charge in [0.1, 0.15) is 0 Å². The Balaban J connectivity index is 3.12. The summed E-state index contributed by atoms with van der Waals surface area (Å²) in [5.41, 5.74) is 2.19. The lowest BCUT2D eigenvalue weighted by molar-refractivity contribution is 1.12. The van der Waals surface area contributed by atoms with Crippen LogP contribution in [0.3, 0.4) is 0 Å². The van der Waals surface area contributed by atoms with Gasteiger partial charge in [-0.25, -0.2) is 0 Å². The topological polar surface area (TPSA) is 0 Å². The van der Waals surface area contributed by atoms with E-state index in [4.69, 9.17) is 23.2 Å². The summed E-state index contributed by atoms with van der Waals surface area (Å²) in [6, 6.07) is 5.54. The molecule has 0 heterocycles. The zero-order chi connectivity index (χ0) is 10.6. The van der Waals surface area contributed by atoms with E-state index in [1.165, 1.54) is 5.57 Å². The van der Waals surface area contributed by atoms with Crippen molar-refractivity contribution >= 4 is 45.2 Å². The standard InChI is InChI=1S/C11H11BrCl2/c1-2-8(7-12)6-9-10(13)4-3-5-11(9)14/h3-6H,2,7H2,1H3. The van der Waals surface area contributed by atoms with E-state index in [9.17, 15) is 0 Å². The quantitative estimate of drug-likeness (QED) is 0.674. The van der Waals surface area contributed by atoms with Gasteiger partial charge in [0.15, 0.2) is 0 Å². The first-order valence-corrected chi connectivity index (χ1v) is 6.26. The van der Waals surface area contributed by atoms with Crippen molar-refractivity contribution < 1.29 is 0 Å². The highest BCUT2D eigenvalue weighted by atomic mass is 79.9. The van der Waals surface area contributed by atoms with Crippen molar-refractivity contribution in [3.05, 3.63) is 39.4 Å². The lowest BCUT2D eigenvalue weighted by Crippen LogP contribution is -1.84. The lowest BCUT2D eigenvalue weighted by Gasteiger charge is -2.04. The molecule has 0 radical (unpaired) electrons. The van der Waals surface area contributed by atoms with E-state index < -0.39 is 0 Å². The van der Waals surface area contributed by atoms with Crippen LogP contribution >= 0.6 is 39.1 Å². The van der Waals surface area contributed by atoms with Crippen LogP contribution < -0.4 is 0 Å². The summed E-state index contributed by atoms with van der Waals surface area (Å²) in [5.74, 6) is 0. The minimum Gasteiger partial charge on any atom is -0.0880 e. The fraction of sp³-hybridized carbons (Fsp3) is 0.273. The van der Waals surface area contributed by atoms with Gasteiger partial charge in [0.05, 0.1) is 0 Å². The van der Waals surface area contributed by atoms with Crippen LogP contribution in [-0.4, -0.2) is 5.33 Å². The molecule has 0 aliphatic carbocycles. The molecule has 0 saturated carbocycles. The van der Waals surface area contributed by atoms with Gasteiger partial charge in [-0.15, -0.1) is 0 Å². The van der Waals surface area contributed by atoms with E-state index in [-0.39, 0.29) is 0 Å². The summed E-state index contributed by atoms with van der Waals surface area (Å²) in [6.45, 7) is 2.11. The van der Waals surface area contributed by atoms with Crippen molar-refractivity contribution in [2.45, 2.75) is 13.3 Å². The summed E-state index contributed by atoms with van der Waals surface area (Å²) in [6.07, 6.45) is 3.03. The highest BCUT2D eigenvalue weighted by Gasteiger charge is 2.03. The maximum absolute atomic E-state index is 6.04. The molecular weight excluding hydrogens is 283 g/mol. The number of halogens is 3. The first kappa shape index (κ1) is 12.1. The zero-order valence-corrected chi connectivity index (χ0v) is 11.0. The van der Waals surface area contributed by atoms with E-state index in [2.05, 4.69) is 22.9 Å². The first-order chi connectivity index (χ1) is 6.69. The second kappa shape index (κ2) is 5.79. The molecule has 0 bridgehead atoms. The molecule has 0 aliphatic heterocycles. The van der Waals surface area contributed by atoms with Crippen LogP contribution in [-0.2, 0) is 0 Å². The van der Waals surface area contributed by atoms with Crippen molar-refractivity contribution in [1.82, 2.24) is 0 Å². The SMILES string of the molecule is CCC(=Cc1c(Cl)cccc1Cl)CBr. The van der Waals surface area contributed by atoms with Crippen molar-refractivity contribution in [2.24, 2.45) is 0 Å². The third-order valence-corrected chi connectivity index (χ3v) is 3.35. The van der Waals surface area contributed by atoms with Crippen LogP contribution in [0.15, 0.2) is 23.8 Å². The second-order valence-corrected chi connectivity index (χ2v) is 4.30. The van der Waals surface area contributed by atoms with Crippen LogP contribution in [0.1, 0.15) is 18.9 Å². The molecule has 0 nitrogen and oxygen atoms in total. The molecule has 3 heteroatoms. The molecule has 0 aliphatic rings. The van der Waals surface area contributed by atoms with Gasteiger partial charge in [-0.1, -0.05) is 63.8 Å². The summed E-state index contributed by atoms with van der Waals surface area (Å²) < 4.78 is 0. The Hall–Kier alpha value is 0.0200. The van der Waals surface area contributed by atoms with Crippen LogP contribution in [0.4, 0.5) is 0 Å². The van der Waals surface area contributed by atoms with E-state index in [1.807, 2.05) is 24.3 Å². The molecule has 0 fully saturated rings. The Morgan fingerprint density at radius 1 is 1.36 bits per heavy atom. The molecule has 1 aromatic carbocycles. The van der Waals surface area contributed by atoms with Crippen LogP contribution in [0.5, 0.6) is 0 Å². The second-order valence-electron chi connectivity index (χ2n) is 2.93. The number of hydrogen-bond donors (Lipinski definition) is 0. The first-order valence-electron chi connectivity index (χ1n) is 4.38. The highest BCUT2D eigenvalue weighted by Crippen LogP contribution is 2.27. The van der Waals surface area contributed by atoms with E-state index in [0.29, 0.717) is 10.0 Å². The van der Waals surface area contributed by atoms with Crippen LogP contribution in [0, 0.1) is 0 Å². The largest absolute Gasteiger partial charge is 0.0880 e. The molecule has 0 N–H and O–H groups in total. The van der Waals surface area contributed by atoms with Gasteiger partial charge < -0.3 is 0 Å². The average molecular weight is 294 g/mol. The zero-order valence-electron chi connectivity index (χ0n) is 7.86. The Bertz CT molecular complexity index is 319. The van der Waals surface area contributed by atoms with Gasteiger partial charge in [-0.3, -0.25) is 0 Å². The maximum Gasteiger partial charge on any atom is 0.0493 e. The highest BCUT2D eigenvalue weighted by molar-refractivity contribution is 9.09. The normalized spacial score (nSPS) is 11.9. The van der Waals surface area contributed by atoms with E-state index >= 15 is 0 Å². The molecule has 1 rings (SSSR count). The molecule has 1 aromatic rings. The Morgan fingerprint density at radius 2 is 1.93 bits per heavy atom. The molecule has 0 spiro atoms. The van der Waals surface area contributed by atoms with Gasteiger partial charge in [0, 0.05) is 20.9 Å². The van der Waals surface area contributed by atoms with Gasteiger partial charge >= 0.3 is 0 Å². The third kappa shape index (κ3) is 3.01. The summed E-state index contributed by atoms with van der Waals surface area (Å²) in [4.78, 5) is 0. The smallest absolute Gasteiger partial charge is 0.0493 e. The number of allylic oxidation sites excluding steroid dienone is 1. The lowest BCUT2D eigenvalue weighted by atomic mass is 10.1. The van der Waals surface area contributed by atoms with Crippen LogP contribution in [0.2, 0.25) is 10.0 Å². The summed E-state index contributed by atoms with van der Waals surface area (Å²) in [7, 11) is 0.